The number of benzene rings is 1. The fraction of sp³-hybridized carbons (Fsp3) is 0.655. The van der Waals surface area contributed by atoms with Crippen LogP contribution >= 0.6 is 0 Å². The molecule has 0 spiro atoms. The van der Waals surface area contributed by atoms with E-state index in [1.165, 1.54) is 32.1 Å². The smallest absolute Gasteiger partial charge is 0.225 e. The van der Waals surface area contributed by atoms with Crippen LogP contribution in [0.2, 0.25) is 0 Å². The molecule has 1 saturated carbocycles. The first-order valence-electron chi connectivity index (χ1n) is 13.5. The third-order valence-electron chi connectivity index (χ3n) is 8.63. The summed E-state index contributed by atoms with van der Waals surface area (Å²) in [6.45, 7) is 8.99. The molecule has 192 valence electrons. The second-order valence-electron chi connectivity index (χ2n) is 11.7. The molecule has 2 unspecified atom stereocenters. The van der Waals surface area contributed by atoms with Gasteiger partial charge in [-0.1, -0.05) is 77.1 Å². The predicted octanol–water partition coefficient (Wildman–Crippen LogP) is 4.32. The Hall–Kier alpha value is -2.18. The highest BCUT2D eigenvalue weighted by Crippen LogP contribution is 2.40. The number of aliphatic imine (C=N–C) groups is 1. The molecule has 1 saturated heterocycles. The Morgan fingerprint density at radius 1 is 1.23 bits per heavy atom. The molecule has 6 heteroatoms. The largest absolute Gasteiger partial charge is 0.387 e. The molecule has 6 nitrogen and oxygen atoms in total. The molecule has 0 radical (unpaired) electrons. The second kappa shape index (κ2) is 10.8. The number of hydrogen-bond donors (Lipinski definition) is 2. The van der Waals surface area contributed by atoms with Crippen molar-refractivity contribution in [2.24, 2.45) is 28.0 Å². The summed E-state index contributed by atoms with van der Waals surface area (Å²) < 4.78 is 0. The number of nitrogens with two attached hydrogens (primary N) is 1. The Bertz CT molecular complexity index is 950. The molecule has 3 aliphatic rings. The first-order chi connectivity index (χ1) is 16.7. The zero-order valence-corrected chi connectivity index (χ0v) is 21.9. The summed E-state index contributed by atoms with van der Waals surface area (Å²) in [4.78, 5) is 22.2. The van der Waals surface area contributed by atoms with E-state index in [1.54, 1.807) is 0 Å². The lowest BCUT2D eigenvalue weighted by Crippen LogP contribution is -2.62. The Kier molecular flexibility index (Phi) is 8.02. The molecule has 35 heavy (non-hydrogen) atoms. The van der Waals surface area contributed by atoms with Crippen molar-refractivity contribution < 1.29 is 9.90 Å². The van der Waals surface area contributed by atoms with Crippen LogP contribution in [-0.4, -0.2) is 58.4 Å². The van der Waals surface area contributed by atoms with Crippen LogP contribution in [0.5, 0.6) is 0 Å². The number of carbonyl (C=O) groups is 1. The number of β-amino-alcohol motifs (C(OH)–C–C–N with tert-alkyl or cyclic N) is 1. The van der Waals surface area contributed by atoms with Crippen molar-refractivity contribution in [3.05, 3.63) is 47.7 Å². The predicted molar refractivity (Wildman–Crippen MR) is 142 cm³/mol. The van der Waals surface area contributed by atoms with Crippen LogP contribution < -0.4 is 5.73 Å². The number of amides is 1. The third kappa shape index (κ3) is 5.80. The van der Waals surface area contributed by atoms with E-state index >= 15 is 0 Å². The molecule has 2 aliphatic heterocycles. The Balaban J connectivity index is 1.34. The number of piperidine rings is 1. The van der Waals surface area contributed by atoms with Gasteiger partial charge in [-0.25, -0.2) is 0 Å². The molecule has 1 aliphatic carbocycles. The lowest BCUT2D eigenvalue weighted by Gasteiger charge is -2.52. The van der Waals surface area contributed by atoms with E-state index < -0.39 is 11.0 Å². The summed E-state index contributed by atoms with van der Waals surface area (Å²) in [7, 11) is 0. The quantitative estimate of drug-likeness (QED) is 0.609. The van der Waals surface area contributed by atoms with Gasteiger partial charge in [-0.15, -0.1) is 0 Å². The first-order valence-corrected chi connectivity index (χ1v) is 13.5. The SMILES string of the molecule is CC(CC1CCCCC1)C(=O)N1CCC(O)(CN2C=CC(c3ccccc3CN)=NC2)C(C)(C)C1. The minimum Gasteiger partial charge on any atom is -0.387 e. The lowest BCUT2D eigenvalue weighted by molar-refractivity contribution is -0.157. The van der Waals surface area contributed by atoms with Crippen LogP contribution in [0.4, 0.5) is 0 Å². The number of hydrogen-bond acceptors (Lipinski definition) is 5. The van der Waals surface area contributed by atoms with Crippen molar-refractivity contribution in [3.8, 4) is 0 Å². The molecule has 1 aromatic rings. The van der Waals surface area contributed by atoms with Gasteiger partial charge in [0.05, 0.1) is 11.3 Å². The average molecular weight is 481 g/mol. The van der Waals surface area contributed by atoms with Gasteiger partial charge in [-0.2, -0.15) is 0 Å². The molecule has 1 aromatic carbocycles. The van der Waals surface area contributed by atoms with E-state index in [1.807, 2.05) is 35.4 Å². The van der Waals surface area contributed by atoms with Gasteiger partial charge in [0.15, 0.2) is 0 Å². The maximum absolute atomic E-state index is 13.3. The van der Waals surface area contributed by atoms with E-state index in [-0.39, 0.29) is 11.8 Å². The summed E-state index contributed by atoms with van der Waals surface area (Å²) in [6, 6.07) is 8.10. The lowest BCUT2D eigenvalue weighted by atomic mass is 9.69. The van der Waals surface area contributed by atoms with E-state index in [9.17, 15) is 9.90 Å². The van der Waals surface area contributed by atoms with E-state index in [4.69, 9.17) is 10.7 Å². The minimum atomic E-state index is -0.886. The van der Waals surface area contributed by atoms with Crippen molar-refractivity contribution in [3.63, 3.8) is 0 Å². The van der Waals surface area contributed by atoms with Crippen LogP contribution in [-0.2, 0) is 11.3 Å². The van der Waals surface area contributed by atoms with Crippen LogP contribution in [0.3, 0.4) is 0 Å². The van der Waals surface area contributed by atoms with Crippen LogP contribution in [0.25, 0.3) is 0 Å². The standard InChI is InChI=1S/C29H44N4O2/c1-22(17-23-9-5-4-6-10-23)27(34)33-16-14-29(35,28(2,3)19-33)20-32-15-13-26(31-21-32)25-12-8-7-11-24(25)18-30/h7-8,11-13,15,22-23,35H,4-6,9-10,14,16-21,30H2,1-3H3. The summed E-state index contributed by atoms with van der Waals surface area (Å²) >= 11 is 0. The van der Waals surface area contributed by atoms with Crippen molar-refractivity contribution in [2.45, 2.75) is 77.9 Å². The van der Waals surface area contributed by atoms with Crippen LogP contribution in [0.1, 0.15) is 76.8 Å². The fourth-order valence-corrected chi connectivity index (χ4v) is 6.18. The maximum atomic E-state index is 13.3. The summed E-state index contributed by atoms with van der Waals surface area (Å²) in [6.07, 6.45) is 12.1. The number of aliphatic hydroxyl groups is 1. The third-order valence-corrected chi connectivity index (χ3v) is 8.63. The second-order valence-corrected chi connectivity index (χ2v) is 11.7. The molecule has 2 heterocycles. The zero-order chi connectivity index (χ0) is 25.1. The maximum Gasteiger partial charge on any atom is 0.225 e. The molecule has 4 rings (SSSR count). The first kappa shape index (κ1) is 25.9. The Morgan fingerprint density at radius 3 is 2.63 bits per heavy atom. The van der Waals surface area contributed by atoms with Gasteiger partial charge in [0.2, 0.25) is 5.91 Å². The molecular weight excluding hydrogens is 436 g/mol. The van der Waals surface area contributed by atoms with Gasteiger partial charge in [0, 0.05) is 49.3 Å². The fourth-order valence-electron chi connectivity index (χ4n) is 6.18. The minimum absolute atomic E-state index is 0.0641. The average Bonchev–Trinajstić information content (AvgIpc) is 2.86. The molecule has 2 fully saturated rings. The van der Waals surface area contributed by atoms with Crippen molar-refractivity contribution in [1.82, 2.24) is 9.80 Å². The summed E-state index contributed by atoms with van der Waals surface area (Å²) in [5.41, 5.74) is 7.69. The van der Waals surface area contributed by atoms with Crippen LogP contribution in [0.15, 0.2) is 41.5 Å². The van der Waals surface area contributed by atoms with Crippen molar-refractivity contribution >= 4 is 11.6 Å². The van der Waals surface area contributed by atoms with E-state index in [0.29, 0.717) is 45.2 Å². The van der Waals surface area contributed by atoms with Gasteiger partial charge in [-0.3, -0.25) is 9.79 Å². The highest BCUT2D eigenvalue weighted by atomic mass is 16.3. The number of rotatable bonds is 7. The van der Waals surface area contributed by atoms with E-state index in [2.05, 4.69) is 31.7 Å². The number of nitrogens with zero attached hydrogens (tertiary/aromatic N) is 3. The van der Waals surface area contributed by atoms with Gasteiger partial charge in [0.1, 0.15) is 6.67 Å². The summed E-state index contributed by atoms with van der Waals surface area (Å²) in [5.74, 6) is 1.02. The molecule has 0 aromatic heterocycles. The molecular formula is C29H44N4O2. The molecule has 2 atom stereocenters. The normalized spacial score (nSPS) is 25.9. The van der Waals surface area contributed by atoms with Gasteiger partial charge >= 0.3 is 0 Å². The van der Waals surface area contributed by atoms with E-state index in [0.717, 1.165) is 23.3 Å². The molecule has 3 N–H and O–H groups in total. The highest BCUT2D eigenvalue weighted by Gasteiger charge is 2.49. The van der Waals surface area contributed by atoms with Gasteiger partial charge in [-0.05, 0) is 30.4 Å². The zero-order valence-electron chi connectivity index (χ0n) is 21.9. The highest BCUT2D eigenvalue weighted by molar-refractivity contribution is 6.09. The van der Waals surface area contributed by atoms with Crippen LogP contribution in [0, 0.1) is 17.3 Å². The Labute approximate surface area is 211 Å². The van der Waals surface area contributed by atoms with Crippen molar-refractivity contribution in [1.29, 1.82) is 0 Å². The monoisotopic (exact) mass is 480 g/mol. The molecule has 1 amide bonds. The Morgan fingerprint density at radius 2 is 1.97 bits per heavy atom. The number of carbonyl (C=O) groups excluding carboxylic acids is 1. The number of allylic oxidation sites excluding steroid dienone is 1. The van der Waals surface area contributed by atoms with Gasteiger partial charge < -0.3 is 20.6 Å². The number of likely N-dealkylation sites (tertiary alicyclic amines) is 1. The summed E-state index contributed by atoms with van der Waals surface area (Å²) in [5, 5.41) is 11.7. The van der Waals surface area contributed by atoms with Gasteiger partial charge in [0.25, 0.3) is 0 Å². The topological polar surface area (TPSA) is 82.2 Å². The van der Waals surface area contributed by atoms with Crippen molar-refractivity contribution in [2.75, 3.05) is 26.3 Å². The molecule has 0 bridgehead atoms.